The minimum atomic E-state index is -3.26. The normalized spacial score (nSPS) is 12.6. The van der Waals surface area contributed by atoms with Crippen LogP contribution in [0.15, 0.2) is 17.5 Å². The third-order valence-corrected chi connectivity index (χ3v) is 3.65. The van der Waals surface area contributed by atoms with Crippen molar-refractivity contribution in [3.8, 4) is 0 Å². The number of methoxy groups -OCH3 is 2. The lowest BCUT2D eigenvalue weighted by Crippen LogP contribution is -2.50. The van der Waals surface area contributed by atoms with Gasteiger partial charge in [-0.3, -0.25) is 10.1 Å². The molecule has 0 saturated heterocycles. The van der Waals surface area contributed by atoms with Crippen LogP contribution in [0, 0.1) is 10.1 Å². The Hall–Kier alpha value is -2.03. The lowest BCUT2D eigenvalue weighted by Gasteiger charge is -2.25. The number of carbonyl (C=O) groups excluding carboxylic acids is 2. The largest absolute Gasteiger partial charge is 0.466 e. The van der Waals surface area contributed by atoms with Gasteiger partial charge in [-0.15, -0.1) is 11.3 Å². The van der Waals surface area contributed by atoms with E-state index in [4.69, 9.17) is 0 Å². The number of rotatable bonds is 6. The zero-order valence-corrected chi connectivity index (χ0v) is 11.5. The van der Waals surface area contributed by atoms with E-state index in [1.54, 1.807) is 5.38 Å². The van der Waals surface area contributed by atoms with E-state index in [0.29, 0.717) is 0 Å². The van der Waals surface area contributed by atoms with Gasteiger partial charge in [-0.2, -0.15) is 0 Å². The summed E-state index contributed by atoms with van der Waals surface area (Å²) in [7, 11) is 1.77. The Bertz CT molecular complexity index is 487. The number of carbonyl (C=O) groups is 2. The number of ether oxygens (including phenoxy) is 2. The molecule has 0 saturated carbocycles. The van der Waals surface area contributed by atoms with Crippen molar-refractivity contribution in [2.24, 2.45) is 0 Å². The van der Waals surface area contributed by atoms with Crippen LogP contribution in [-0.2, 0) is 19.1 Å². The van der Waals surface area contributed by atoms with Crippen molar-refractivity contribution in [3.63, 3.8) is 0 Å². The Kier molecular flexibility index (Phi) is 5.14. The molecule has 0 N–H and O–H groups in total. The van der Waals surface area contributed by atoms with Crippen LogP contribution in [0.3, 0.4) is 0 Å². The van der Waals surface area contributed by atoms with E-state index in [-0.39, 0.29) is 4.88 Å². The van der Waals surface area contributed by atoms with Crippen LogP contribution >= 0.6 is 11.3 Å². The third kappa shape index (κ3) is 2.93. The molecule has 0 fully saturated rings. The summed E-state index contributed by atoms with van der Waals surface area (Å²) in [5.41, 5.74) is -3.26. The van der Waals surface area contributed by atoms with Crippen molar-refractivity contribution in [1.29, 1.82) is 0 Å². The zero-order valence-electron chi connectivity index (χ0n) is 10.7. The fraction of sp³-hybridized carbons (Fsp3) is 0.455. The Morgan fingerprint density at radius 1 is 1.45 bits per heavy atom. The van der Waals surface area contributed by atoms with Gasteiger partial charge in [0.05, 0.1) is 14.2 Å². The Balaban J connectivity index is 3.34. The van der Waals surface area contributed by atoms with Crippen LogP contribution in [0.2, 0.25) is 0 Å². The summed E-state index contributed by atoms with van der Waals surface area (Å²) < 4.78 is 23.5. The third-order valence-electron chi connectivity index (χ3n) is 2.66. The first-order chi connectivity index (χ1) is 9.37. The van der Waals surface area contributed by atoms with Crippen LogP contribution < -0.4 is 0 Å². The van der Waals surface area contributed by atoms with E-state index in [9.17, 15) is 24.1 Å². The van der Waals surface area contributed by atoms with Crippen molar-refractivity contribution < 1.29 is 28.4 Å². The molecule has 0 unspecified atom stereocenters. The molecule has 0 amide bonds. The fourth-order valence-corrected chi connectivity index (χ4v) is 2.59. The number of alkyl halides is 1. The van der Waals surface area contributed by atoms with E-state index in [2.05, 4.69) is 9.47 Å². The van der Waals surface area contributed by atoms with Gasteiger partial charge >= 0.3 is 17.6 Å². The topological polar surface area (TPSA) is 95.7 Å². The lowest BCUT2D eigenvalue weighted by molar-refractivity contribution is -0.485. The summed E-state index contributed by atoms with van der Waals surface area (Å²) in [6, 6.07) is 2.93. The SMILES string of the molecule is COC(=O)C(F)(C(=O)OC)[C@@H](C[N+](=O)[O-])c1cccs1. The van der Waals surface area contributed by atoms with Crippen molar-refractivity contribution in [2.75, 3.05) is 20.8 Å². The van der Waals surface area contributed by atoms with E-state index >= 15 is 0 Å². The molecule has 0 aliphatic carbocycles. The number of nitro groups is 1. The minimum Gasteiger partial charge on any atom is -0.466 e. The van der Waals surface area contributed by atoms with Crippen LogP contribution in [0.25, 0.3) is 0 Å². The van der Waals surface area contributed by atoms with Gasteiger partial charge in [-0.25, -0.2) is 14.0 Å². The van der Waals surface area contributed by atoms with E-state index in [1.807, 2.05) is 0 Å². The summed E-state index contributed by atoms with van der Waals surface area (Å²) in [4.78, 5) is 33.4. The van der Waals surface area contributed by atoms with Crippen LogP contribution in [0.5, 0.6) is 0 Å². The molecular formula is C11H12FNO6S. The average molecular weight is 305 g/mol. The van der Waals surface area contributed by atoms with Gasteiger partial charge in [0.1, 0.15) is 5.92 Å². The molecule has 0 radical (unpaired) electrons. The van der Waals surface area contributed by atoms with Crippen LogP contribution in [-0.4, -0.2) is 43.3 Å². The van der Waals surface area contributed by atoms with Crippen LogP contribution in [0.1, 0.15) is 10.8 Å². The molecule has 1 atom stereocenters. The molecule has 0 aliphatic rings. The van der Waals surface area contributed by atoms with E-state index in [0.717, 1.165) is 25.6 Å². The highest BCUT2D eigenvalue weighted by Gasteiger charge is 2.58. The second-order valence-corrected chi connectivity index (χ2v) is 4.76. The predicted molar refractivity (Wildman–Crippen MR) is 66.8 cm³/mol. The first-order valence-electron chi connectivity index (χ1n) is 5.38. The van der Waals surface area contributed by atoms with E-state index in [1.165, 1.54) is 12.1 Å². The standard InChI is InChI=1S/C11H12FNO6S/c1-18-9(14)11(12,10(15)19-2)7(6-13(16)17)8-4-3-5-20-8/h3-5,7H,6H2,1-2H3/t7-/m0/s1. The van der Waals surface area contributed by atoms with Gasteiger partial charge in [0.2, 0.25) is 6.54 Å². The first kappa shape index (κ1) is 16.0. The van der Waals surface area contributed by atoms with Gasteiger partial charge in [0, 0.05) is 9.80 Å². The van der Waals surface area contributed by atoms with Gasteiger partial charge in [0.15, 0.2) is 0 Å². The summed E-state index contributed by atoms with van der Waals surface area (Å²) in [5, 5.41) is 12.3. The van der Waals surface area contributed by atoms with Gasteiger partial charge in [0.25, 0.3) is 0 Å². The Morgan fingerprint density at radius 3 is 2.35 bits per heavy atom. The summed E-state index contributed by atoms with van der Waals surface area (Å²) in [6.45, 7) is -0.943. The van der Waals surface area contributed by atoms with Crippen molar-refractivity contribution in [3.05, 3.63) is 32.5 Å². The van der Waals surface area contributed by atoms with Gasteiger partial charge < -0.3 is 9.47 Å². The number of nitrogens with zero attached hydrogens (tertiary/aromatic N) is 1. The quantitative estimate of drug-likeness (QED) is 0.339. The molecule has 110 valence electrons. The molecule has 20 heavy (non-hydrogen) atoms. The molecule has 7 nitrogen and oxygen atoms in total. The highest BCUT2D eigenvalue weighted by molar-refractivity contribution is 7.10. The van der Waals surface area contributed by atoms with Gasteiger partial charge in [-0.05, 0) is 11.4 Å². The highest BCUT2D eigenvalue weighted by Crippen LogP contribution is 2.37. The number of thiophene rings is 1. The molecule has 1 aromatic heterocycles. The number of halogens is 1. The summed E-state index contributed by atoms with van der Waals surface area (Å²) >= 11 is 0.996. The fourth-order valence-electron chi connectivity index (χ4n) is 1.72. The first-order valence-corrected chi connectivity index (χ1v) is 6.26. The average Bonchev–Trinajstić information content (AvgIpc) is 2.95. The monoisotopic (exact) mass is 305 g/mol. The maximum atomic E-state index is 14.9. The molecule has 0 aliphatic heterocycles. The minimum absolute atomic E-state index is 0.181. The molecule has 0 aromatic carbocycles. The maximum Gasteiger partial charge on any atom is 0.356 e. The Labute approximate surface area is 117 Å². The number of esters is 2. The summed E-state index contributed by atoms with van der Waals surface area (Å²) in [6.07, 6.45) is 0. The molecule has 0 spiro atoms. The molecule has 1 heterocycles. The molecule has 1 aromatic rings. The maximum absolute atomic E-state index is 14.9. The van der Waals surface area contributed by atoms with Crippen molar-refractivity contribution in [1.82, 2.24) is 0 Å². The second-order valence-electron chi connectivity index (χ2n) is 3.78. The van der Waals surface area contributed by atoms with Gasteiger partial charge in [-0.1, -0.05) is 6.07 Å². The zero-order chi connectivity index (χ0) is 15.3. The lowest BCUT2D eigenvalue weighted by atomic mass is 9.87. The van der Waals surface area contributed by atoms with E-state index < -0.39 is 35.0 Å². The molecule has 9 heteroatoms. The second kappa shape index (κ2) is 6.42. The smallest absolute Gasteiger partial charge is 0.356 e. The van der Waals surface area contributed by atoms with Crippen LogP contribution in [0.4, 0.5) is 4.39 Å². The predicted octanol–water partition coefficient (Wildman–Crippen LogP) is 1.16. The molecular weight excluding hydrogens is 293 g/mol. The molecule has 1 rings (SSSR count). The number of hydrogen-bond acceptors (Lipinski definition) is 7. The Morgan fingerprint density at radius 2 is 2.00 bits per heavy atom. The van der Waals surface area contributed by atoms with Crippen molar-refractivity contribution in [2.45, 2.75) is 11.6 Å². The summed E-state index contributed by atoms with van der Waals surface area (Å²) in [5.74, 6) is -4.66. The molecule has 0 bridgehead atoms. The van der Waals surface area contributed by atoms with Crippen molar-refractivity contribution >= 4 is 23.3 Å². The highest BCUT2D eigenvalue weighted by atomic mass is 32.1. The number of hydrogen-bond donors (Lipinski definition) is 0.